The van der Waals surface area contributed by atoms with Gasteiger partial charge in [0.2, 0.25) is 5.69 Å². The van der Waals surface area contributed by atoms with Gasteiger partial charge in [-0.3, -0.25) is 4.79 Å². The molecule has 0 atom stereocenters. The van der Waals surface area contributed by atoms with Crippen LogP contribution in [0.1, 0.15) is 45.1 Å². The summed E-state index contributed by atoms with van der Waals surface area (Å²) in [4.78, 5) is 18.8. The molecule has 5 nitrogen and oxygen atoms in total. The molecule has 0 fully saturated rings. The number of hydrogen-bond donors (Lipinski definition) is 1. The van der Waals surface area contributed by atoms with Crippen LogP contribution >= 0.6 is 17.1 Å². The molecule has 0 amide bonds. The summed E-state index contributed by atoms with van der Waals surface area (Å²) in [5.41, 5.74) is -1.77. The molecule has 1 heterocycles. The number of nitrogens with one attached hydrogen (secondary N) is 1. The molecule has 0 saturated heterocycles. The highest BCUT2D eigenvalue weighted by atomic mass is 32.9. The van der Waals surface area contributed by atoms with E-state index in [1.165, 1.54) is 17.4 Å². The lowest BCUT2D eigenvalue weighted by atomic mass is 10.2. The Hall–Kier alpha value is -0.200. The van der Waals surface area contributed by atoms with Crippen molar-refractivity contribution in [2.75, 3.05) is 13.2 Å². The van der Waals surface area contributed by atoms with Crippen molar-refractivity contribution in [2.45, 2.75) is 39.4 Å². The lowest BCUT2D eigenvalue weighted by molar-refractivity contribution is 0.280. The predicted molar refractivity (Wildman–Crippen MR) is 87.8 cm³/mol. The Bertz CT molecular complexity index is 524. The van der Waals surface area contributed by atoms with E-state index < -0.39 is 5.69 Å². The number of hydrogen-bond acceptors (Lipinski definition) is 6. The summed E-state index contributed by atoms with van der Waals surface area (Å²) in [6.07, 6.45) is 0. The quantitative estimate of drug-likeness (QED) is 0.734. The fourth-order valence-electron chi connectivity index (χ4n) is 1.45. The van der Waals surface area contributed by atoms with Gasteiger partial charge < -0.3 is 14.0 Å². The van der Waals surface area contributed by atoms with E-state index in [4.69, 9.17) is 20.9 Å². The summed E-state index contributed by atoms with van der Waals surface area (Å²) in [6, 6.07) is 1.50. The highest BCUT2D eigenvalue weighted by Gasteiger charge is 2.19. The summed E-state index contributed by atoms with van der Waals surface area (Å²) < 4.78 is 11.1. The first-order valence-corrected chi connectivity index (χ1v) is 10.8. The van der Waals surface area contributed by atoms with Crippen molar-refractivity contribution >= 4 is 28.9 Å². The minimum absolute atomic E-state index is 0.138. The Kier molecular flexibility index (Phi) is 7.40. The highest BCUT2D eigenvalue weighted by Crippen LogP contribution is 2.61. The number of aromatic nitrogens is 2. The van der Waals surface area contributed by atoms with E-state index in [-0.39, 0.29) is 11.5 Å². The largest absolute Gasteiger partial charge is 0.322 e. The van der Waals surface area contributed by atoms with Crippen LogP contribution in [-0.4, -0.2) is 23.2 Å². The van der Waals surface area contributed by atoms with E-state index in [0.717, 1.165) is 0 Å². The molecule has 1 N–H and O–H groups in total. The van der Waals surface area contributed by atoms with Gasteiger partial charge in [-0.25, -0.2) is 4.98 Å². The summed E-state index contributed by atoms with van der Waals surface area (Å²) in [5, 5.41) is 0. The second kappa shape index (κ2) is 8.29. The molecule has 114 valence electrons. The van der Waals surface area contributed by atoms with Crippen LogP contribution in [0, 0.1) is 0 Å². The molecule has 0 radical (unpaired) electrons. The monoisotopic (exact) mass is 336 g/mol. The molecule has 20 heavy (non-hydrogen) atoms. The molecule has 8 heteroatoms. The second-order valence-electron chi connectivity index (χ2n) is 4.33. The Morgan fingerprint density at radius 2 is 2.00 bits per heavy atom. The maximum atomic E-state index is 11.6. The van der Waals surface area contributed by atoms with Gasteiger partial charge in [-0.1, -0.05) is 25.2 Å². The fourth-order valence-corrected chi connectivity index (χ4v) is 5.80. The van der Waals surface area contributed by atoms with E-state index in [2.05, 4.69) is 9.97 Å². The maximum Gasteiger partial charge on any atom is 0.251 e. The number of aromatic amines is 1. The van der Waals surface area contributed by atoms with E-state index in [9.17, 15) is 4.79 Å². The van der Waals surface area contributed by atoms with Gasteiger partial charge >= 0.3 is 0 Å². The van der Waals surface area contributed by atoms with E-state index in [1.807, 2.05) is 27.7 Å². The first-order valence-electron chi connectivity index (χ1n) is 6.54. The molecule has 0 saturated carbocycles. The Balaban J connectivity index is 2.83. The maximum absolute atomic E-state index is 11.6. The molecule has 0 aliphatic carbocycles. The first-order chi connectivity index (χ1) is 9.40. The van der Waals surface area contributed by atoms with Gasteiger partial charge in [-0.15, -0.1) is 0 Å². The zero-order valence-electron chi connectivity index (χ0n) is 12.2. The van der Waals surface area contributed by atoms with Crippen molar-refractivity contribution < 1.29 is 9.05 Å². The summed E-state index contributed by atoms with van der Waals surface area (Å²) in [7, 11) is 0. The van der Waals surface area contributed by atoms with Gasteiger partial charge in [-0.05, 0) is 25.7 Å². The van der Waals surface area contributed by atoms with Gasteiger partial charge in [-0.2, -0.15) is 0 Å². The van der Waals surface area contributed by atoms with Crippen LogP contribution in [0.2, 0.25) is 0 Å². The van der Waals surface area contributed by atoms with Crippen LogP contribution in [0.3, 0.4) is 0 Å². The van der Waals surface area contributed by atoms with E-state index in [1.54, 1.807) is 0 Å². The molecule has 0 unspecified atom stereocenters. The minimum Gasteiger partial charge on any atom is -0.322 e. The molecule has 1 rings (SSSR count). The Morgan fingerprint density at radius 3 is 2.50 bits per heavy atom. The van der Waals surface area contributed by atoms with Crippen LogP contribution in [0.5, 0.6) is 0 Å². The lowest BCUT2D eigenvalue weighted by Gasteiger charge is -2.19. The average molecular weight is 336 g/mol. The van der Waals surface area contributed by atoms with Gasteiger partial charge in [0, 0.05) is 17.7 Å². The molecule has 0 spiro atoms. The lowest BCUT2D eigenvalue weighted by Crippen LogP contribution is -2.13. The Morgan fingerprint density at radius 1 is 1.40 bits per heavy atom. The summed E-state index contributed by atoms with van der Waals surface area (Å²) in [5.74, 6) is 1.38. The van der Waals surface area contributed by atoms with Crippen LogP contribution < -0.4 is 5.56 Å². The smallest absolute Gasteiger partial charge is 0.251 e. The molecular weight excluding hydrogens is 315 g/mol. The standard InChI is InChI=1S/C12H21N2O3PS2/c1-5-16-18(19,17-6-2)20-8-10-7-11(15)14-12(13-10)9(3)4/h7,9H,5-6,8H2,1-4H3,(H,13,14,15). The molecule has 0 aromatic carbocycles. The third-order valence-electron chi connectivity index (χ3n) is 2.30. The zero-order valence-corrected chi connectivity index (χ0v) is 14.7. The third kappa shape index (κ3) is 5.66. The summed E-state index contributed by atoms with van der Waals surface area (Å²) >= 11 is 6.85. The van der Waals surface area contributed by atoms with E-state index >= 15 is 0 Å². The van der Waals surface area contributed by atoms with E-state index in [0.29, 0.717) is 30.5 Å². The molecule has 1 aromatic heterocycles. The highest BCUT2D eigenvalue weighted by molar-refractivity contribution is 8.67. The SMILES string of the molecule is CCOP(=S)(OCC)SCc1cc(=O)[nH]c(C(C)C)n1. The number of H-pyrrole nitrogens is 1. The van der Waals surface area contributed by atoms with Gasteiger partial charge in [0.1, 0.15) is 5.82 Å². The van der Waals surface area contributed by atoms with Crippen molar-refractivity contribution in [1.29, 1.82) is 0 Å². The Labute approximate surface area is 128 Å². The van der Waals surface area contributed by atoms with Crippen LogP contribution in [-0.2, 0) is 26.6 Å². The molecule has 0 aliphatic heterocycles. The molecule has 0 aliphatic rings. The van der Waals surface area contributed by atoms with Crippen molar-refractivity contribution in [3.63, 3.8) is 0 Å². The molecule has 1 aromatic rings. The zero-order chi connectivity index (χ0) is 15.2. The van der Waals surface area contributed by atoms with Crippen LogP contribution in [0.15, 0.2) is 10.9 Å². The summed E-state index contributed by atoms with van der Waals surface area (Å²) in [6.45, 7) is 8.79. The normalized spacial score (nSPS) is 12.1. The number of nitrogens with zero attached hydrogens (tertiary/aromatic N) is 1. The van der Waals surface area contributed by atoms with Crippen LogP contribution in [0.4, 0.5) is 0 Å². The average Bonchev–Trinajstić information content (AvgIpc) is 2.36. The first kappa shape index (κ1) is 17.9. The van der Waals surface area contributed by atoms with Gasteiger partial charge in [0.15, 0.2) is 0 Å². The topological polar surface area (TPSA) is 64.2 Å². The third-order valence-corrected chi connectivity index (χ3v) is 7.74. The van der Waals surface area contributed by atoms with Crippen molar-refractivity contribution in [3.05, 3.63) is 27.9 Å². The molecular formula is C12H21N2O3PS2. The van der Waals surface area contributed by atoms with Crippen molar-refractivity contribution in [3.8, 4) is 0 Å². The molecule has 0 bridgehead atoms. The van der Waals surface area contributed by atoms with Crippen molar-refractivity contribution in [1.82, 2.24) is 9.97 Å². The van der Waals surface area contributed by atoms with Crippen molar-refractivity contribution in [2.24, 2.45) is 0 Å². The second-order valence-corrected chi connectivity index (χ2v) is 10.6. The van der Waals surface area contributed by atoms with Gasteiger partial charge in [0.25, 0.3) is 5.56 Å². The van der Waals surface area contributed by atoms with Gasteiger partial charge in [0.05, 0.1) is 18.9 Å². The minimum atomic E-state index is -2.34. The predicted octanol–water partition coefficient (Wildman–Crippen LogP) is 3.42. The fraction of sp³-hybridized carbons (Fsp3) is 0.667. The number of rotatable bonds is 8. The van der Waals surface area contributed by atoms with Crippen LogP contribution in [0.25, 0.3) is 0 Å².